The van der Waals surface area contributed by atoms with Crippen LogP contribution in [0.2, 0.25) is 0 Å². The first kappa shape index (κ1) is 10.2. The van der Waals surface area contributed by atoms with Crippen molar-refractivity contribution in [2.45, 2.75) is 25.8 Å². The highest BCUT2D eigenvalue weighted by Gasteiger charge is 2.02. The minimum absolute atomic E-state index is 0.268. The first-order chi connectivity index (χ1) is 7.16. The average Bonchev–Trinajstić information content (AvgIpc) is 2.57. The lowest BCUT2D eigenvalue weighted by Crippen LogP contribution is -2.15. The van der Waals surface area contributed by atoms with Crippen LogP contribution in [0.3, 0.4) is 0 Å². The summed E-state index contributed by atoms with van der Waals surface area (Å²) >= 11 is 0. The zero-order valence-corrected chi connectivity index (χ0v) is 9.27. The van der Waals surface area contributed by atoms with Crippen molar-refractivity contribution in [1.82, 2.24) is 9.55 Å². The summed E-state index contributed by atoms with van der Waals surface area (Å²) in [5, 5.41) is 0. The first-order valence-corrected chi connectivity index (χ1v) is 5.32. The largest absolute Gasteiger partial charge is 0.334 e. The van der Waals surface area contributed by atoms with Crippen molar-refractivity contribution in [3.8, 4) is 0 Å². The predicted octanol–water partition coefficient (Wildman–Crippen LogP) is 1.85. The van der Waals surface area contributed by atoms with Gasteiger partial charge in [0.1, 0.15) is 0 Å². The zero-order chi connectivity index (χ0) is 10.8. The maximum absolute atomic E-state index is 5.74. The Morgan fingerprint density at radius 3 is 3.00 bits per heavy atom. The standard InChI is InChI=1S/C12H17N3/c1-9(13)3-4-10-5-6-12-11(7-10)14-8-15(12)2/h5-9H,3-4,13H2,1-2H3/t9-/m1/s1. The summed E-state index contributed by atoms with van der Waals surface area (Å²) in [4.78, 5) is 4.34. The average molecular weight is 203 g/mol. The summed E-state index contributed by atoms with van der Waals surface area (Å²) in [5.41, 5.74) is 9.30. The van der Waals surface area contributed by atoms with Gasteiger partial charge in [-0.25, -0.2) is 4.98 Å². The van der Waals surface area contributed by atoms with E-state index in [1.54, 1.807) is 0 Å². The lowest BCUT2D eigenvalue weighted by atomic mass is 10.1. The molecule has 3 heteroatoms. The normalized spacial score (nSPS) is 13.3. The molecular formula is C12H17N3. The van der Waals surface area contributed by atoms with E-state index in [0.717, 1.165) is 18.4 Å². The van der Waals surface area contributed by atoms with E-state index >= 15 is 0 Å². The second-order valence-corrected chi connectivity index (χ2v) is 4.19. The lowest BCUT2D eigenvalue weighted by molar-refractivity contribution is 0.666. The van der Waals surface area contributed by atoms with Crippen molar-refractivity contribution in [1.29, 1.82) is 0 Å². The van der Waals surface area contributed by atoms with Gasteiger partial charge in [-0.05, 0) is 37.5 Å². The molecule has 1 heterocycles. The van der Waals surface area contributed by atoms with Crippen molar-refractivity contribution in [3.63, 3.8) is 0 Å². The number of nitrogens with two attached hydrogens (primary N) is 1. The molecule has 15 heavy (non-hydrogen) atoms. The molecule has 1 aromatic carbocycles. The summed E-state index contributed by atoms with van der Waals surface area (Å²) in [5.74, 6) is 0. The summed E-state index contributed by atoms with van der Waals surface area (Å²) in [6.45, 7) is 2.04. The van der Waals surface area contributed by atoms with Gasteiger partial charge in [-0.1, -0.05) is 6.07 Å². The molecule has 0 aliphatic rings. The third-order valence-electron chi connectivity index (χ3n) is 2.68. The van der Waals surface area contributed by atoms with Crippen LogP contribution in [0.5, 0.6) is 0 Å². The Morgan fingerprint density at radius 2 is 2.27 bits per heavy atom. The molecule has 0 amide bonds. The minimum atomic E-state index is 0.268. The van der Waals surface area contributed by atoms with Crippen LogP contribution < -0.4 is 5.73 Å². The Morgan fingerprint density at radius 1 is 1.47 bits per heavy atom. The predicted molar refractivity (Wildman–Crippen MR) is 62.7 cm³/mol. The van der Waals surface area contributed by atoms with Crippen molar-refractivity contribution >= 4 is 11.0 Å². The Kier molecular flexibility index (Phi) is 2.73. The molecule has 0 bridgehead atoms. The van der Waals surface area contributed by atoms with Crippen molar-refractivity contribution in [3.05, 3.63) is 30.1 Å². The minimum Gasteiger partial charge on any atom is -0.334 e. The first-order valence-electron chi connectivity index (χ1n) is 5.32. The highest BCUT2D eigenvalue weighted by Crippen LogP contribution is 2.15. The fourth-order valence-electron chi connectivity index (χ4n) is 1.73. The van der Waals surface area contributed by atoms with Gasteiger partial charge in [0.2, 0.25) is 0 Å². The number of aryl methyl sites for hydroxylation is 2. The monoisotopic (exact) mass is 203 g/mol. The molecule has 0 aliphatic carbocycles. The molecule has 0 fully saturated rings. The number of hydrogen-bond acceptors (Lipinski definition) is 2. The van der Waals surface area contributed by atoms with Crippen LogP contribution >= 0.6 is 0 Å². The van der Waals surface area contributed by atoms with Gasteiger partial charge in [0.15, 0.2) is 0 Å². The molecule has 0 radical (unpaired) electrons. The highest BCUT2D eigenvalue weighted by molar-refractivity contribution is 5.75. The molecule has 0 saturated heterocycles. The molecule has 0 spiro atoms. The van der Waals surface area contributed by atoms with Crippen LogP contribution in [-0.4, -0.2) is 15.6 Å². The van der Waals surface area contributed by atoms with E-state index in [0.29, 0.717) is 0 Å². The molecule has 3 nitrogen and oxygen atoms in total. The van der Waals surface area contributed by atoms with Crippen LogP contribution in [0, 0.1) is 0 Å². The molecule has 0 aliphatic heterocycles. The smallest absolute Gasteiger partial charge is 0.0955 e. The van der Waals surface area contributed by atoms with Gasteiger partial charge in [0.05, 0.1) is 17.4 Å². The SMILES string of the molecule is C[C@@H](N)CCc1ccc2c(c1)ncn2C. The third kappa shape index (κ3) is 2.18. The molecule has 80 valence electrons. The summed E-state index contributed by atoms with van der Waals surface area (Å²) in [7, 11) is 2.01. The lowest BCUT2D eigenvalue weighted by Gasteiger charge is -2.04. The number of imidazole rings is 1. The van der Waals surface area contributed by atoms with Crippen molar-refractivity contribution < 1.29 is 0 Å². The number of nitrogens with zero attached hydrogens (tertiary/aromatic N) is 2. The van der Waals surface area contributed by atoms with Gasteiger partial charge < -0.3 is 10.3 Å². The van der Waals surface area contributed by atoms with Gasteiger partial charge >= 0.3 is 0 Å². The molecule has 0 saturated carbocycles. The van der Waals surface area contributed by atoms with E-state index in [1.807, 2.05) is 24.9 Å². The van der Waals surface area contributed by atoms with Crippen molar-refractivity contribution in [2.24, 2.45) is 12.8 Å². The van der Waals surface area contributed by atoms with Crippen LogP contribution in [0.1, 0.15) is 18.9 Å². The van der Waals surface area contributed by atoms with E-state index < -0.39 is 0 Å². The quantitative estimate of drug-likeness (QED) is 0.827. The van der Waals surface area contributed by atoms with Crippen LogP contribution in [-0.2, 0) is 13.5 Å². The maximum atomic E-state index is 5.74. The molecule has 1 atom stereocenters. The Balaban J connectivity index is 2.23. The summed E-state index contributed by atoms with van der Waals surface area (Å²) in [6, 6.07) is 6.70. The van der Waals surface area contributed by atoms with E-state index in [2.05, 4.69) is 23.2 Å². The van der Waals surface area contributed by atoms with E-state index in [-0.39, 0.29) is 6.04 Å². The Bertz CT molecular complexity index is 457. The van der Waals surface area contributed by atoms with Gasteiger partial charge in [-0.3, -0.25) is 0 Å². The summed E-state index contributed by atoms with van der Waals surface area (Å²) in [6.07, 6.45) is 3.91. The Hall–Kier alpha value is -1.35. The number of fused-ring (bicyclic) bond motifs is 1. The van der Waals surface area contributed by atoms with Crippen molar-refractivity contribution in [2.75, 3.05) is 0 Å². The molecule has 2 N–H and O–H groups in total. The van der Waals surface area contributed by atoms with Crippen LogP contribution in [0.25, 0.3) is 11.0 Å². The van der Waals surface area contributed by atoms with E-state index in [9.17, 15) is 0 Å². The molecule has 2 aromatic rings. The zero-order valence-electron chi connectivity index (χ0n) is 9.27. The van der Waals surface area contributed by atoms with Crippen LogP contribution in [0.15, 0.2) is 24.5 Å². The Labute approximate surface area is 89.9 Å². The molecule has 0 unspecified atom stereocenters. The third-order valence-corrected chi connectivity index (χ3v) is 2.68. The second-order valence-electron chi connectivity index (χ2n) is 4.19. The number of hydrogen-bond donors (Lipinski definition) is 1. The van der Waals surface area contributed by atoms with Gasteiger partial charge in [-0.15, -0.1) is 0 Å². The molecule has 2 rings (SSSR count). The van der Waals surface area contributed by atoms with E-state index in [4.69, 9.17) is 5.73 Å². The molecular weight excluding hydrogens is 186 g/mol. The van der Waals surface area contributed by atoms with Gasteiger partial charge in [0.25, 0.3) is 0 Å². The second kappa shape index (κ2) is 4.03. The summed E-state index contributed by atoms with van der Waals surface area (Å²) < 4.78 is 2.03. The maximum Gasteiger partial charge on any atom is 0.0955 e. The fourth-order valence-corrected chi connectivity index (χ4v) is 1.73. The highest BCUT2D eigenvalue weighted by atomic mass is 15.0. The van der Waals surface area contributed by atoms with Gasteiger partial charge in [0, 0.05) is 13.1 Å². The number of benzene rings is 1. The van der Waals surface area contributed by atoms with Crippen LogP contribution in [0.4, 0.5) is 0 Å². The fraction of sp³-hybridized carbons (Fsp3) is 0.417. The van der Waals surface area contributed by atoms with E-state index in [1.165, 1.54) is 11.1 Å². The number of aromatic nitrogens is 2. The van der Waals surface area contributed by atoms with Gasteiger partial charge in [-0.2, -0.15) is 0 Å². The number of rotatable bonds is 3. The topological polar surface area (TPSA) is 43.8 Å². The molecule has 1 aromatic heterocycles.